The predicted molar refractivity (Wildman–Crippen MR) is 115 cm³/mol. The molecule has 0 aliphatic carbocycles. The normalized spacial score (nSPS) is 13.0. The highest BCUT2D eigenvalue weighted by Crippen LogP contribution is 2.25. The van der Waals surface area contributed by atoms with Crippen molar-refractivity contribution in [2.45, 2.75) is 74.5 Å². The minimum atomic E-state index is 0.212. The average molecular weight is 396 g/mol. The van der Waals surface area contributed by atoms with Gasteiger partial charge >= 0.3 is 0 Å². The topological polar surface area (TPSA) is 31.4 Å². The van der Waals surface area contributed by atoms with Crippen LogP contribution < -0.4 is 0 Å². The van der Waals surface area contributed by atoms with Crippen LogP contribution in [0.1, 0.15) is 52.4 Å². The van der Waals surface area contributed by atoms with Crippen LogP contribution in [0.15, 0.2) is 53.9 Å². The molecule has 26 heavy (non-hydrogen) atoms. The van der Waals surface area contributed by atoms with E-state index >= 15 is 0 Å². The number of nitrogens with zero attached hydrogens (tertiary/aromatic N) is 1. The third-order valence-electron chi connectivity index (χ3n) is 3.90. The van der Waals surface area contributed by atoms with Gasteiger partial charge in [0, 0.05) is 22.6 Å². The molecule has 1 aromatic heterocycles. The summed E-state index contributed by atoms with van der Waals surface area (Å²) in [7, 11) is 0. The Morgan fingerprint density at radius 2 is 1.54 bits per heavy atom. The molecule has 3 nitrogen and oxygen atoms in total. The van der Waals surface area contributed by atoms with Gasteiger partial charge in [-0.2, -0.15) is 0 Å². The second-order valence-corrected chi connectivity index (χ2v) is 8.22. The van der Waals surface area contributed by atoms with E-state index in [-0.39, 0.29) is 12.2 Å². The lowest BCUT2D eigenvalue weighted by Gasteiger charge is -2.16. The van der Waals surface area contributed by atoms with Crippen LogP contribution in [0.3, 0.4) is 0 Å². The van der Waals surface area contributed by atoms with Gasteiger partial charge in [0.15, 0.2) is 0 Å². The summed E-state index contributed by atoms with van der Waals surface area (Å²) in [6.45, 7) is 11.8. The Kier molecular flexibility index (Phi) is 13.3. The van der Waals surface area contributed by atoms with Gasteiger partial charge in [-0.25, -0.2) is 4.98 Å². The fourth-order valence-corrected chi connectivity index (χ4v) is 4.23. The third-order valence-corrected chi connectivity index (χ3v) is 6.09. The summed E-state index contributed by atoms with van der Waals surface area (Å²) in [5.74, 6) is 1.82. The first-order valence-corrected chi connectivity index (χ1v) is 11.4. The maximum Gasteiger partial charge on any atom is 0.107 e. The lowest BCUT2D eigenvalue weighted by atomic mass is 10.2. The van der Waals surface area contributed by atoms with Gasteiger partial charge in [0.2, 0.25) is 0 Å². The molecule has 0 spiro atoms. The Hall–Kier alpha value is -1.07. The molecule has 1 heterocycles. The lowest BCUT2D eigenvalue weighted by molar-refractivity contribution is 0.155. The molecule has 0 amide bonds. The standard InChI is InChI=1S/C21H33NO2S2/c1-5-9-11-18(23-7-3)16-25-20-13-14-21(22-15-20)26-17-19(24-8-4)12-10-6-2/h7-8,13-15,18-19H,3-6,9-12,16-17H2,1-2H3. The van der Waals surface area contributed by atoms with Crippen LogP contribution in [0, 0.1) is 0 Å². The van der Waals surface area contributed by atoms with Crippen LogP contribution in [0.4, 0.5) is 0 Å². The molecule has 0 fully saturated rings. The van der Waals surface area contributed by atoms with Crippen molar-refractivity contribution in [1.29, 1.82) is 0 Å². The van der Waals surface area contributed by atoms with Gasteiger partial charge in [-0.1, -0.05) is 52.7 Å². The number of pyridine rings is 1. The molecule has 2 atom stereocenters. The number of unbranched alkanes of at least 4 members (excludes halogenated alkanes) is 2. The lowest BCUT2D eigenvalue weighted by Crippen LogP contribution is -2.13. The van der Waals surface area contributed by atoms with Crippen molar-refractivity contribution in [3.8, 4) is 0 Å². The first kappa shape index (κ1) is 23.0. The zero-order valence-corrected chi connectivity index (χ0v) is 17.8. The minimum absolute atomic E-state index is 0.212. The molecular weight excluding hydrogens is 362 g/mol. The number of rotatable bonds is 16. The molecule has 0 aliphatic rings. The quantitative estimate of drug-likeness (QED) is 0.229. The summed E-state index contributed by atoms with van der Waals surface area (Å²) in [4.78, 5) is 5.75. The summed E-state index contributed by atoms with van der Waals surface area (Å²) in [6.07, 6.45) is 12.3. The van der Waals surface area contributed by atoms with Crippen molar-refractivity contribution < 1.29 is 9.47 Å². The van der Waals surface area contributed by atoms with E-state index in [2.05, 4.69) is 44.1 Å². The maximum absolute atomic E-state index is 5.61. The molecule has 0 radical (unpaired) electrons. The Morgan fingerprint density at radius 3 is 2.00 bits per heavy atom. The maximum atomic E-state index is 5.61. The van der Waals surface area contributed by atoms with Gasteiger partial charge < -0.3 is 9.47 Å². The highest BCUT2D eigenvalue weighted by Gasteiger charge is 2.11. The van der Waals surface area contributed by atoms with E-state index in [1.54, 1.807) is 36.0 Å². The summed E-state index contributed by atoms with van der Waals surface area (Å²) in [5.41, 5.74) is 0. The van der Waals surface area contributed by atoms with Crippen LogP contribution in [0.25, 0.3) is 0 Å². The largest absolute Gasteiger partial charge is 0.498 e. The molecule has 0 N–H and O–H groups in total. The zero-order valence-electron chi connectivity index (χ0n) is 16.2. The van der Waals surface area contributed by atoms with Crippen LogP contribution in [0.5, 0.6) is 0 Å². The predicted octanol–water partition coefficient (Wildman–Crippen LogP) is 6.70. The van der Waals surface area contributed by atoms with Gasteiger partial charge in [0.1, 0.15) is 12.2 Å². The Morgan fingerprint density at radius 1 is 0.962 bits per heavy atom. The number of ether oxygens (including phenoxy) is 2. The van der Waals surface area contributed by atoms with Gasteiger partial charge in [0.05, 0.1) is 17.6 Å². The Bertz CT molecular complexity index is 448. The zero-order chi connectivity index (χ0) is 19.0. The van der Waals surface area contributed by atoms with Crippen LogP contribution >= 0.6 is 23.5 Å². The van der Waals surface area contributed by atoms with Gasteiger partial charge in [-0.15, -0.1) is 23.5 Å². The number of thioether (sulfide) groups is 2. The summed E-state index contributed by atoms with van der Waals surface area (Å²) < 4.78 is 11.2. The SMILES string of the molecule is C=COC(CCCC)CSc1ccc(SCC(CCCC)OC=C)nc1. The van der Waals surface area contributed by atoms with Crippen molar-refractivity contribution in [2.75, 3.05) is 11.5 Å². The monoisotopic (exact) mass is 395 g/mol. The molecule has 0 aliphatic heterocycles. The van der Waals surface area contributed by atoms with Gasteiger partial charge in [-0.3, -0.25) is 0 Å². The van der Waals surface area contributed by atoms with Crippen LogP contribution in [0.2, 0.25) is 0 Å². The molecule has 1 aromatic rings. The summed E-state index contributed by atoms with van der Waals surface area (Å²) in [5, 5.41) is 1.04. The first-order chi connectivity index (χ1) is 12.7. The molecule has 0 bridgehead atoms. The number of hydrogen-bond donors (Lipinski definition) is 0. The van der Waals surface area contributed by atoms with Crippen LogP contribution in [-0.2, 0) is 9.47 Å². The van der Waals surface area contributed by atoms with Gasteiger partial charge in [0.25, 0.3) is 0 Å². The van der Waals surface area contributed by atoms with Crippen molar-refractivity contribution in [3.63, 3.8) is 0 Å². The van der Waals surface area contributed by atoms with Crippen molar-refractivity contribution >= 4 is 23.5 Å². The van der Waals surface area contributed by atoms with E-state index in [0.717, 1.165) is 29.4 Å². The smallest absolute Gasteiger partial charge is 0.107 e. The van der Waals surface area contributed by atoms with Crippen LogP contribution in [-0.4, -0.2) is 28.7 Å². The molecular formula is C21H33NO2S2. The molecule has 2 unspecified atom stereocenters. The average Bonchev–Trinajstić information content (AvgIpc) is 2.67. The highest BCUT2D eigenvalue weighted by molar-refractivity contribution is 7.99. The Labute approximate surface area is 168 Å². The van der Waals surface area contributed by atoms with E-state index in [1.807, 2.05) is 6.20 Å². The van der Waals surface area contributed by atoms with Gasteiger partial charge in [-0.05, 0) is 25.0 Å². The second kappa shape index (κ2) is 15.0. The van der Waals surface area contributed by atoms with Crippen molar-refractivity contribution in [3.05, 3.63) is 44.0 Å². The Balaban J connectivity index is 2.43. The molecule has 0 saturated carbocycles. The molecule has 146 valence electrons. The fourth-order valence-electron chi connectivity index (χ4n) is 2.42. The second-order valence-electron chi connectivity index (χ2n) is 6.09. The van der Waals surface area contributed by atoms with E-state index in [1.165, 1.54) is 30.6 Å². The first-order valence-electron chi connectivity index (χ1n) is 9.47. The van der Waals surface area contributed by atoms with Crippen molar-refractivity contribution in [2.24, 2.45) is 0 Å². The number of hydrogen-bond acceptors (Lipinski definition) is 5. The molecule has 0 aromatic carbocycles. The van der Waals surface area contributed by atoms with E-state index in [0.29, 0.717) is 0 Å². The summed E-state index contributed by atoms with van der Waals surface area (Å²) in [6, 6.07) is 4.23. The van der Waals surface area contributed by atoms with Crippen molar-refractivity contribution in [1.82, 2.24) is 4.98 Å². The minimum Gasteiger partial charge on any atom is -0.498 e. The fraction of sp³-hybridized carbons (Fsp3) is 0.571. The number of aromatic nitrogens is 1. The highest BCUT2D eigenvalue weighted by atomic mass is 32.2. The van der Waals surface area contributed by atoms with E-state index in [9.17, 15) is 0 Å². The molecule has 0 saturated heterocycles. The summed E-state index contributed by atoms with van der Waals surface area (Å²) >= 11 is 3.53. The van der Waals surface area contributed by atoms with E-state index in [4.69, 9.17) is 9.47 Å². The molecule has 5 heteroatoms. The van der Waals surface area contributed by atoms with E-state index < -0.39 is 0 Å². The molecule has 1 rings (SSSR count). The third kappa shape index (κ3) is 10.2.